The Morgan fingerprint density at radius 3 is 1.71 bits per heavy atom. The van der Waals surface area contributed by atoms with Crippen molar-refractivity contribution >= 4 is 85.7 Å². The lowest BCUT2D eigenvalue weighted by molar-refractivity contribution is -0.120. The molecule has 2 amide bonds. The van der Waals surface area contributed by atoms with Crippen molar-refractivity contribution < 1.29 is 19.1 Å². The number of carbonyl (C=O) groups excluding carboxylic acids is 3. The molecule has 4 aromatic carbocycles. The molecular weight excluding hydrogens is 871 g/mol. The number of nitrogens with one attached hydrogen (secondary N) is 1. The molecule has 42 heavy (non-hydrogen) atoms. The van der Waals surface area contributed by atoms with Crippen molar-refractivity contribution in [2.45, 2.75) is 18.6 Å². The maximum atomic E-state index is 13.2. The average Bonchev–Trinajstić information content (AvgIpc) is 3.00. The summed E-state index contributed by atoms with van der Waals surface area (Å²) >= 11 is 6.20. The van der Waals surface area contributed by atoms with Crippen LogP contribution in [0.4, 0.5) is 0 Å². The van der Waals surface area contributed by atoms with Gasteiger partial charge in [0.15, 0.2) is 0 Å². The molecule has 3 N–H and O–H groups in total. The lowest BCUT2D eigenvalue weighted by Gasteiger charge is -2.36. The van der Waals surface area contributed by atoms with Gasteiger partial charge in [0.25, 0.3) is 5.91 Å². The summed E-state index contributed by atoms with van der Waals surface area (Å²) in [5, 5.41) is 2.96. The molecule has 0 fully saturated rings. The van der Waals surface area contributed by atoms with E-state index in [2.05, 4.69) is 32.9 Å². The number of primary amides is 1. The first kappa shape index (κ1) is 32.3. The van der Waals surface area contributed by atoms with Crippen molar-refractivity contribution in [3.8, 4) is 0 Å². The number of halogens is 3. The molecule has 0 saturated heterocycles. The zero-order valence-corrected chi connectivity index (χ0v) is 28.8. The van der Waals surface area contributed by atoms with Gasteiger partial charge >= 0.3 is 0 Å². The number of carbonyl (C=O) groups is 2. The summed E-state index contributed by atoms with van der Waals surface area (Å²) in [6, 6.07) is 30.1. The Bertz CT molecular complexity index is 1510. The van der Waals surface area contributed by atoms with Gasteiger partial charge in [-0.15, -0.1) is 0 Å². The molecule has 0 aromatic heterocycles. The molecule has 0 saturated carbocycles. The normalized spacial score (nSPS) is 11.0. The lowest BCUT2D eigenvalue weighted by atomic mass is 9.80. The minimum absolute atomic E-state index is 0.0206. The highest BCUT2D eigenvalue weighted by atomic mass is 127. The van der Waals surface area contributed by atoms with Crippen LogP contribution in [0.25, 0.3) is 0 Å². The molecule has 0 bridgehead atoms. The van der Waals surface area contributed by atoms with Crippen LogP contribution in [0.1, 0.15) is 38.2 Å². The predicted octanol–water partition coefficient (Wildman–Crippen LogP) is 6.10. The fourth-order valence-electron chi connectivity index (χ4n) is 4.78. The van der Waals surface area contributed by atoms with Crippen molar-refractivity contribution in [1.29, 1.82) is 0 Å². The fraction of sp³-hybridized carbons (Fsp3) is 0.156. The molecule has 0 aliphatic heterocycles. The monoisotopic (exact) mass is 897 g/mol. The minimum atomic E-state index is -0.889. The van der Waals surface area contributed by atoms with Gasteiger partial charge in [-0.05, 0) is 90.0 Å². The van der Waals surface area contributed by atoms with Crippen LogP contribution in [0.15, 0.2) is 96.0 Å². The molecule has 0 atom stereocenters. The zero-order chi connectivity index (χ0) is 30.1. The molecule has 0 radical (unpaired) electrons. The van der Waals surface area contributed by atoms with Crippen molar-refractivity contribution in [3.63, 3.8) is 0 Å². The second-order valence-corrected chi connectivity index (χ2v) is 12.4. The Morgan fingerprint density at radius 2 is 1.26 bits per heavy atom. The zero-order valence-electron chi connectivity index (χ0n) is 22.3. The van der Waals surface area contributed by atoms with E-state index in [4.69, 9.17) is 10.5 Å². The van der Waals surface area contributed by atoms with Crippen LogP contribution >= 0.6 is 67.8 Å². The van der Waals surface area contributed by atoms with E-state index >= 15 is 0 Å². The first-order chi connectivity index (χ1) is 20.3. The van der Waals surface area contributed by atoms with Gasteiger partial charge in [0, 0.05) is 22.8 Å². The van der Waals surface area contributed by atoms with Crippen molar-refractivity contribution in [2.75, 3.05) is 13.2 Å². The molecule has 0 aliphatic carbocycles. The number of hydrogen-bond donors (Lipinski definition) is 2. The number of nitrogens with two attached hydrogens (primary N) is 1. The third-order valence-electron chi connectivity index (χ3n) is 6.67. The van der Waals surface area contributed by atoms with E-state index in [0.29, 0.717) is 23.8 Å². The van der Waals surface area contributed by atoms with E-state index in [0.717, 1.165) is 20.3 Å². The highest BCUT2D eigenvalue weighted by molar-refractivity contribution is 14.1. The molecule has 0 aliphatic rings. The molecule has 0 unspecified atom stereocenters. The predicted molar refractivity (Wildman–Crippen MR) is 187 cm³/mol. The number of isocyanates is 1. The molecular formula is C32H26I3N3O4. The summed E-state index contributed by atoms with van der Waals surface area (Å²) < 4.78 is 8.72. The third kappa shape index (κ3) is 7.10. The maximum absolute atomic E-state index is 13.2. The number of nitrogens with zero attached hydrogens (tertiary/aromatic N) is 1. The quantitative estimate of drug-likeness (QED) is 0.0589. The van der Waals surface area contributed by atoms with Gasteiger partial charge in [-0.1, -0.05) is 91.0 Å². The Labute approximate surface area is 285 Å². The van der Waals surface area contributed by atoms with Crippen molar-refractivity contribution in [2.24, 2.45) is 10.7 Å². The standard InChI is InChI=1S/C32H26I3N3O4/c33-28-24(29(34)27(31(36)41)30(35)25(28)19-37-20-39)18-26(40)38-16-17-42-32(21-10-4-1-5-11-21,22-12-6-2-7-13-22)23-14-8-3-9-15-23/h1-15H,16-19H2,(H2,36,41)(H,38,40). The minimum Gasteiger partial charge on any atom is -0.366 e. The summed E-state index contributed by atoms with van der Waals surface area (Å²) in [5.41, 5.74) is 9.34. The van der Waals surface area contributed by atoms with Crippen LogP contribution in [0, 0.1) is 10.7 Å². The second kappa shape index (κ2) is 15.2. The van der Waals surface area contributed by atoms with Crippen LogP contribution in [0.5, 0.6) is 0 Å². The van der Waals surface area contributed by atoms with E-state index in [9.17, 15) is 14.4 Å². The molecule has 4 aromatic rings. The number of aliphatic imine (C=N–C) groups is 1. The van der Waals surface area contributed by atoms with Gasteiger partial charge < -0.3 is 15.8 Å². The summed E-state index contributed by atoms with van der Waals surface area (Å²) in [6.45, 7) is 0.535. The topological polar surface area (TPSA) is 111 Å². The number of rotatable bonds is 12. The second-order valence-electron chi connectivity index (χ2n) is 9.20. The average molecular weight is 897 g/mol. The Kier molecular flexibility index (Phi) is 11.7. The number of amides is 2. The third-order valence-corrected chi connectivity index (χ3v) is 10.4. The highest BCUT2D eigenvalue weighted by Crippen LogP contribution is 2.40. The van der Waals surface area contributed by atoms with Crippen molar-refractivity contribution in [3.05, 3.63) is 135 Å². The van der Waals surface area contributed by atoms with E-state index in [-0.39, 0.29) is 32.0 Å². The van der Waals surface area contributed by atoms with Crippen LogP contribution < -0.4 is 11.1 Å². The SMILES string of the molecule is NC(=O)c1c(I)c(CN=C=O)c(I)c(CC(=O)NCCOC(c2ccccc2)(c2ccccc2)c2ccccc2)c1I. The van der Waals surface area contributed by atoms with Gasteiger partial charge in [0.1, 0.15) is 5.60 Å². The number of ether oxygens (including phenoxy) is 1. The van der Waals surface area contributed by atoms with Gasteiger partial charge in [0.05, 0.1) is 25.1 Å². The van der Waals surface area contributed by atoms with Gasteiger partial charge in [-0.2, -0.15) is 0 Å². The first-order valence-corrected chi connectivity index (χ1v) is 16.1. The molecule has 7 nitrogen and oxygen atoms in total. The Hall–Kier alpha value is -2.65. The maximum Gasteiger partial charge on any atom is 0.250 e. The summed E-state index contributed by atoms with van der Waals surface area (Å²) in [7, 11) is 0. The summed E-state index contributed by atoms with van der Waals surface area (Å²) in [6.07, 6.45) is 1.55. The highest BCUT2D eigenvalue weighted by Gasteiger charge is 2.37. The van der Waals surface area contributed by atoms with Gasteiger partial charge in [0.2, 0.25) is 12.0 Å². The smallest absolute Gasteiger partial charge is 0.250 e. The number of benzene rings is 4. The molecule has 0 heterocycles. The molecule has 4 rings (SSSR count). The lowest BCUT2D eigenvalue weighted by Crippen LogP contribution is -2.37. The van der Waals surface area contributed by atoms with E-state index in [1.165, 1.54) is 6.08 Å². The largest absolute Gasteiger partial charge is 0.366 e. The van der Waals surface area contributed by atoms with Crippen LogP contribution in [-0.4, -0.2) is 31.0 Å². The van der Waals surface area contributed by atoms with E-state index in [1.54, 1.807) is 0 Å². The molecule has 10 heteroatoms. The number of hydrogen-bond acceptors (Lipinski definition) is 5. The van der Waals surface area contributed by atoms with E-state index < -0.39 is 11.5 Å². The van der Waals surface area contributed by atoms with Gasteiger partial charge in [-0.25, -0.2) is 9.79 Å². The Morgan fingerprint density at radius 1 is 0.786 bits per heavy atom. The molecule has 0 spiro atoms. The van der Waals surface area contributed by atoms with Crippen LogP contribution in [0.3, 0.4) is 0 Å². The van der Waals surface area contributed by atoms with Crippen molar-refractivity contribution in [1.82, 2.24) is 5.32 Å². The van der Waals surface area contributed by atoms with E-state index in [1.807, 2.05) is 136 Å². The van der Waals surface area contributed by atoms with Crippen LogP contribution in [0.2, 0.25) is 0 Å². The summed E-state index contributed by atoms with van der Waals surface area (Å²) in [5.74, 6) is -0.841. The first-order valence-electron chi connectivity index (χ1n) is 12.9. The van der Waals surface area contributed by atoms with Crippen LogP contribution in [-0.2, 0) is 32.9 Å². The Balaban J connectivity index is 1.58. The fourth-order valence-corrected chi connectivity index (χ4v) is 9.20. The van der Waals surface area contributed by atoms with Gasteiger partial charge in [-0.3, -0.25) is 9.59 Å². The molecule has 214 valence electrons. The summed E-state index contributed by atoms with van der Waals surface area (Å²) in [4.78, 5) is 39.9.